The Morgan fingerprint density at radius 1 is 1.14 bits per heavy atom. The molecule has 0 heterocycles. The lowest BCUT2D eigenvalue weighted by Gasteiger charge is -2.11. The Labute approximate surface area is 131 Å². The molecule has 0 aliphatic rings. The number of methoxy groups -OCH3 is 1. The van der Waals surface area contributed by atoms with Crippen LogP contribution in [0, 0.1) is 5.41 Å². The van der Waals surface area contributed by atoms with E-state index >= 15 is 0 Å². The summed E-state index contributed by atoms with van der Waals surface area (Å²) >= 11 is 5.93. The van der Waals surface area contributed by atoms with Crippen LogP contribution in [0.15, 0.2) is 42.5 Å². The topological polar surface area (TPSA) is 33.1 Å². The second-order valence-corrected chi connectivity index (χ2v) is 5.51. The number of halogens is 1. The molecule has 2 rings (SSSR count). The van der Waals surface area contributed by atoms with Crippen LogP contribution in [-0.4, -0.2) is 12.8 Å². The molecule has 0 saturated carbocycles. The van der Waals surface area contributed by atoms with Gasteiger partial charge in [-0.25, -0.2) is 0 Å². The first-order valence-electron chi connectivity index (χ1n) is 7.13. The van der Waals surface area contributed by atoms with Crippen molar-refractivity contribution in [2.75, 3.05) is 7.11 Å². The molecular weight excluding hydrogens is 282 g/mol. The van der Waals surface area contributed by atoms with Crippen LogP contribution in [0.4, 0.5) is 0 Å². The van der Waals surface area contributed by atoms with Gasteiger partial charge < -0.3 is 10.1 Å². The SMILES string of the molecule is CCCC(=N)Cc1ccc(-c2ccc(Cl)cc2)c(OC)c1. The highest BCUT2D eigenvalue weighted by molar-refractivity contribution is 6.30. The second-order valence-electron chi connectivity index (χ2n) is 5.07. The Kier molecular flexibility index (Phi) is 5.40. The first kappa shape index (κ1) is 15.6. The predicted molar refractivity (Wildman–Crippen MR) is 89.8 cm³/mol. The van der Waals surface area contributed by atoms with Gasteiger partial charge in [0.15, 0.2) is 0 Å². The minimum atomic E-state index is 0.686. The summed E-state index contributed by atoms with van der Waals surface area (Å²) in [6, 6.07) is 13.9. The summed E-state index contributed by atoms with van der Waals surface area (Å²) in [5, 5.41) is 8.66. The fourth-order valence-corrected chi connectivity index (χ4v) is 2.48. The van der Waals surface area contributed by atoms with Crippen molar-refractivity contribution in [2.24, 2.45) is 0 Å². The Balaban J connectivity index is 2.28. The molecule has 0 saturated heterocycles. The van der Waals surface area contributed by atoms with E-state index < -0.39 is 0 Å². The summed E-state index contributed by atoms with van der Waals surface area (Å²) in [6.07, 6.45) is 2.55. The van der Waals surface area contributed by atoms with E-state index in [2.05, 4.69) is 19.1 Å². The molecule has 0 atom stereocenters. The van der Waals surface area contributed by atoms with Crippen molar-refractivity contribution >= 4 is 17.3 Å². The van der Waals surface area contributed by atoms with Crippen LogP contribution in [0.3, 0.4) is 0 Å². The molecule has 2 nitrogen and oxygen atoms in total. The lowest BCUT2D eigenvalue weighted by molar-refractivity contribution is 0.416. The number of hydrogen-bond acceptors (Lipinski definition) is 2. The number of rotatable bonds is 6. The highest BCUT2D eigenvalue weighted by Crippen LogP contribution is 2.31. The average Bonchev–Trinajstić information content (AvgIpc) is 2.48. The lowest BCUT2D eigenvalue weighted by atomic mass is 9.99. The second kappa shape index (κ2) is 7.28. The molecule has 2 aromatic carbocycles. The average molecular weight is 302 g/mol. The minimum absolute atomic E-state index is 0.686. The van der Waals surface area contributed by atoms with Crippen LogP contribution >= 0.6 is 11.6 Å². The highest BCUT2D eigenvalue weighted by atomic mass is 35.5. The molecule has 0 radical (unpaired) electrons. The standard InChI is InChI=1S/C18H20ClNO/c1-3-4-16(20)11-13-5-10-17(18(12-13)21-2)14-6-8-15(19)9-7-14/h5-10,12,20H,3-4,11H2,1-2H3. The van der Waals surface area contributed by atoms with Gasteiger partial charge in [0.1, 0.15) is 5.75 Å². The third kappa shape index (κ3) is 4.08. The number of hydrogen-bond donors (Lipinski definition) is 1. The van der Waals surface area contributed by atoms with E-state index in [0.717, 1.165) is 46.0 Å². The molecule has 2 aromatic rings. The van der Waals surface area contributed by atoms with Crippen molar-refractivity contribution in [3.63, 3.8) is 0 Å². The molecule has 0 aliphatic carbocycles. The Hall–Kier alpha value is -1.80. The summed E-state index contributed by atoms with van der Waals surface area (Å²) in [5.41, 5.74) is 3.99. The van der Waals surface area contributed by atoms with Crippen molar-refractivity contribution in [3.8, 4) is 16.9 Å². The van der Waals surface area contributed by atoms with Crippen molar-refractivity contribution < 1.29 is 4.74 Å². The van der Waals surface area contributed by atoms with Gasteiger partial charge in [-0.3, -0.25) is 0 Å². The van der Waals surface area contributed by atoms with E-state index in [4.69, 9.17) is 21.7 Å². The van der Waals surface area contributed by atoms with Crippen LogP contribution < -0.4 is 4.74 Å². The van der Waals surface area contributed by atoms with Crippen LogP contribution in [0.5, 0.6) is 5.75 Å². The molecule has 0 amide bonds. The molecule has 0 aliphatic heterocycles. The zero-order valence-corrected chi connectivity index (χ0v) is 13.2. The normalized spacial score (nSPS) is 10.4. The Bertz CT molecular complexity index is 620. The molecule has 110 valence electrons. The van der Waals surface area contributed by atoms with Crippen molar-refractivity contribution in [3.05, 3.63) is 53.1 Å². The highest BCUT2D eigenvalue weighted by Gasteiger charge is 2.08. The van der Waals surface area contributed by atoms with E-state index in [9.17, 15) is 0 Å². The third-order valence-corrected chi connectivity index (χ3v) is 3.64. The maximum atomic E-state index is 7.94. The molecule has 3 heteroatoms. The van der Waals surface area contributed by atoms with Gasteiger partial charge in [-0.05, 0) is 35.7 Å². The van der Waals surface area contributed by atoms with E-state index in [1.54, 1.807) is 7.11 Å². The molecule has 0 unspecified atom stereocenters. The predicted octanol–water partition coefficient (Wildman–Crippen LogP) is 5.38. The molecule has 1 N–H and O–H groups in total. The van der Waals surface area contributed by atoms with E-state index in [1.165, 1.54) is 0 Å². The molecule has 21 heavy (non-hydrogen) atoms. The molecule has 0 aromatic heterocycles. The van der Waals surface area contributed by atoms with Gasteiger partial charge >= 0.3 is 0 Å². The zero-order valence-electron chi connectivity index (χ0n) is 12.4. The molecule has 0 bridgehead atoms. The fourth-order valence-electron chi connectivity index (χ4n) is 2.35. The maximum Gasteiger partial charge on any atom is 0.126 e. The van der Waals surface area contributed by atoms with Gasteiger partial charge in [0.25, 0.3) is 0 Å². The third-order valence-electron chi connectivity index (χ3n) is 3.39. The van der Waals surface area contributed by atoms with Gasteiger partial charge in [0.2, 0.25) is 0 Å². The molecular formula is C18H20ClNO. The largest absolute Gasteiger partial charge is 0.496 e. The van der Waals surface area contributed by atoms with Gasteiger partial charge in [-0.15, -0.1) is 0 Å². The van der Waals surface area contributed by atoms with E-state index in [-0.39, 0.29) is 0 Å². The van der Waals surface area contributed by atoms with Crippen molar-refractivity contribution in [2.45, 2.75) is 26.2 Å². The smallest absolute Gasteiger partial charge is 0.126 e. The first-order valence-corrected chi connectivity index (χ1v) is 7.51. The number of ether oxygens (including phenoxy) is 1. The Morgan fingerprint density at radius 3 is 2.48 bits per heavy atom. The quantitative estimate of drug-likeness (QED) is 0.714. The first-order chi connectivity index (χ1) is 10.1. The van der Waals surface area contributed by atoms with Crippen LogP contribution in [-0.2, 0) is 6.42 Å². The number of benzene rings is 2. The zero-order chi connectivity index (χ0) is 15.2. The van der Waals surface area contributed by atoms with Gasteiger partial charge in [-0.2, -0.15) is 0 Å². The molecule has 0 fully saturated rings. The van der Waals surface area contributed by atoms with Gasteiger partial charge in [-0.1, -0.05) is 49.2 Å². The fraction of sp³-hybridized carbons (Fsp3) is 0.278. The monoisotopic (exact) mass is 301 g/mol. The summed E-state index contributed by atoms with van der Waals surface area (Å²) < 4.78 is 5.51. The summed E-state index contributed by atoms with van der Waals surface area (Å²) in [7, 11) is 1.68. The van der Waals surface area contributed by atoms with Gasteiger partial charge in [0, 0.05) is 22.7 Å². The lowest BCUT2D eigenvalue weighted by Crippen LogP contribution is -2.01. The molecule has 0 spiro atoms. The summed E-state index contributed by atoms with van der Waals surface area (Å²) in [6.45, 7) is 2.10. The van der Waals surface area contributed by atoms with E-state index in [0.29, 0.717) is 6.42 Å². The minimum Gasteiger partial charge on any atom is -0.496 e. The van der Waals surface area contributed by atoms with Crippen molar-refractivity contribution in [1.29, 1.82) is 5.41 Å². The Morgan fingerprint density at radius 2 is 1.86 bits per heavy atom. The summed E-state index contributed by atoms with van der Waals surface area (Å²) in [4.78, 5) is 0. The van der Waals surface area contributed by atoms with Gasteiger partial charge in [0.05, 0.1) is 7.11 Å². The number of nitrogens with one attached hydrogen (secondary N) is 1. The maximum absolute atomic E-state index is 7.94. The van der Waals surface area contributed by atoms with Crippen molar-refractivity contribution in [1.82, 2.24) is 0 Å². The van der Waals surface area contributed by atoms with E-state index in [1.807, 2.05) is 30.3 Å². The van der Waals surface area contributed by atoms with Crippen LogP contribution in [0.25, 0.3) is 11.1 Å². The summed E-state index contributed by atoms with van der Waals surface area (Å²) in [5.74, 6) is 0.833. The van der Waals surface area contributed by atoms with Crippen LogP contribution in [0.2, 0.25) is 5.02 Å². The van der Waals surface area contributed by atoms with Crippen LogP contribution in [0.1, 0.15) is 25.3 Å².